The standard InChI is InChI=1S/C19H22N2O3/c1-19(2)17(13-8-6-5-7-9-13)20-18(21(19)22)14-10-11-15(23-3)16(12-14)24-4/h5-12,18,22H,1-4H3/t18-/m1/s1. The van der Waals surface area contributed by atoms with Crippen molar-refractivity contribution in [2.45, 2.75) is 25.6 Å². The normalized spacial score (nSPS) is 19.9. The number of rotatable bonds is 4. The minimum atomic E-state index is -0.598. The highest BCUT2D eigenvalue weighted by Gasteiger charge is 2.43. The van der Waals surface area contributed by atoms with Gasteiger partial charge >= 0.3 is 0 Å². The second kappa shape index (κ2) is 6.26. The largest absolute Gasteiger partial charge is 0.493 e. The predicted octanol–water partition coefficient (Wildman–Crippen LogP) is 3.68. The van der Waals surface area contributed by atoms with Crippen molar-refractivity contribution in [1.29, 1.82) is 0 Å². The van der Waals surface area contributed by atoms with E-state index in [9.17, 15) is 5.21 Å². The average Bonchev–Trinajstić information content (AvgIpc) is 2.85. The third-order valence-electron chi connectivity index (χ3n) is 4.39. The summed E-state index contributed by atoms with van der Waals surface area (Å²) in [4.78, 5) is 4.79. The van der Waals surface area contributed by atoms with E-state index in [0.29, 0.717) is 11.5 Å². The van der Waals surface area contributed by atoms with Gasteiger partial charge in [0.25, 0.3) is 0 Å². The summed E-state index contributed by atoms with van der Waals surface area (Å²) in [5, 5.41) is 12.0. The molecule has 0 aromatic heterocycles. The highest BCUT2D eigenvalue weighted by molar-refractivity contribution is 6.08. The van der Waals surface area contributed by atoms with Gasteiger partial charge in [-0.15, -0.1) is 0 Å². The molecule has 0 unspecified atom stereocenters. The summed E-state index contributed by atoms with van der Waals surface area (Å²) in [7, 11) is 3.19. The van der Waals surface area contributed by atoms with Gasteiger partial charge in [-0.05, 0) is 37.1 Å². The van der Waals surface area contributed by atoms with Gasteiger partial charge < -0.3 is 14.7 Å². The SMILES string of the molecule is COc1ccc([C@@H]2N=C(c3ccccc3)C(C)(C)N2O)cc1OC. The number of methoxy groups -OCH3 is 2. The van der Waals surface area contributed by atoms with Crippen molar-refractivity contribution in [1.82, 2.24) is 5.06 Å². The molecular formula is C19H22N2O3. The first-order valence-electron chi connectivity index (χ1n) is 7.83. The molecule has 1 aliphatic rings. The highest BCUT2D eigenvalue weighted by atomic mass is 16.5. The summed E-state index contributed by atoms with van der Waals surface area (Å²) in [6, 6.07) is 15.5. The smallest absolute Gasteiger partial charge is 0.161 e. The lowest BCUT2D eigenvalue weighted by molar-refractivity contribution is -0.159. The lowest BCUT2D eigenvalue weighted by Crippen LogP contribution is -2.44. The summed E-state index contributed by atoms with van der Waals surface area (Å²) in [5.74, 6) is 1.26. The fourth-order valence-electron chi connectivity index (χ4n) is 3.00. The second-order valence-corrected chi connectivity index (χ2v) is 6.24. The van der Waals surface area contributed by atoms with Crippen LogP contribution >= 0.6 is 0 Å². The Kier molecular flexibility index (Phi) is 4.30. The van der Waals surface area contributed by atoms with Crippen LogP contribution in [0.3, 0.4) is 0 Å². The molecule has 0 fully saturated rings. The Hall–Kier alpha value is -2.37. The molecule has 126 valence electrons. The van der Waals surface area contributed by atoms with E-state index in [4.69, 9.17) is 14.5 Å². The Labute approximate surface area is 142 Å². The van der Waals surface area contributed by atoms with Crippen LogP contribution in [0.5, 0.6) is 11.5 Å². The molecule has 2 aromatic carbocycles. The summed E-state index contributed by atoms with van der Waals surface area (Å²) in [5.41, 5.74) is 2.10. The van der Waals surface area contributed by atoms with E-state index in [-0.39, 0.29) is 0 Å². The number of aliphatic imine (C=N–C) groups is 1. The Morgan fingerprint density at radius 2 is 1.67 bits per heavy atom. The van der Waals surface area contributed by atoms with E-state index in [1.807, 2.05) is 62.4 Å². The molecular weight excluding hydrogens is 304 g/mol. The number of benzene rings is 2. The Bertz CT molecular complexity index is 756. The number of hydrogen-bond donors (Lipinski definition) is 1. The van der Waals surface area contributed by atoms with Crippen molar-refractivity contribution in [2.75, 3.05) is 14.2 Å². The molecule has 0 amide bonds. The Balaban J connectivity index is 2.04. The molecule has 2 aromatic rings. The number of hydrogen-bond acceptors (Lipinski definition) is 5. The Morgan fingerprint density at radius 1 is 1.00 bits per heavy atom. The van der Waals surface area contributed by atoms with Crippen molar-refractivity contribution in [3.05, 3.63) is 59.7 Å². The van der Waals surface area contributed by atoms with Crippen LogP contribution in [0.4, 0.5) is 0 Å². The van der Waals surface area contributed by atoms with E-state index in [1.54, 1.807) is 14.2 Å². The van der Waals surface area contributed by atoms with Crippen LogP contribution in [0.15, 0.2) is 53.5 Å². The Morgan fingerprint density at radius 3 is 2.29 bits per heavy atom. The fraction of sp³-hybridized carbons (Fsp3) is 0.316. The van der Waals surface area contributed by atoms with E-state index < -0.39 is 11.7 Å². The van der Waals surface area contributed by atoms with Gasteiger partial charge in [0, 0.05) is 0 Å². The fourth-order valence-corrected chi connectivity index (χ4v) is 3.00. The minimum absolute atomic E-state index is 0.491. The summed E-state index contributed by atoms with van der Waals surface area (Å²) in [6.07, 6.45) is -0.491. The molecule has 0 saturated heterocycles. The van der Waals surface area contributed by atoms with E-state index in [0.717, 1.165) is 16.8 Å². The summed E-state index contributed by atoms with van der Waals surface area (Å²) in [6.45, 7) is 3.92. The van der Waals surface area contributed by atoms with Crippen molar-refractivity contribution in [2.24, 2.45) is 4.99 Å². The van der Waals surface area contributed by atoms with Crippen molar-refractivity contribution >= 4 is 5.71 Å². The van der Waals surface area contributed by atoms with Gasteiger partial charge in [-0.1, -0.05) is 36.4 Å². The third-order valence-corrected chi connectivity index (χ3v) is 4.39. The highest BCUT2D eigenvalue weighted by Crippen LogP contribution is 2.40. The number of hydroxylamine groups is 2. The lowest BCUT2D eigenvalue weighted by atomic mass is 9.93. The number of nitrogens with zero attached hydrogens (tertiary/aromatic N) is 2. The molecule has 0 spiro atoms. The zero-order chi connectivity index (χ0) is 17.3. The topological polar surface area (TPSA) is 54.3 Å². The van der Waals surface area contributed by atoms with Gasteiger partial charge in [0.15, 0.2) is 17.7 Å². The van der Waals surface area contributed by atoms with Crippen LogP contribution in [0.1, 0.15) is 31.1 Å². The van der Waals surface area contributed by atoms with E-state index >= 15 is 0 Å². The first kappa shape index (κ1) is 16.5. The molecule has 1 atom stereocenters. The van der Waals surface area contributed by atoms with Gasteiger partial charge in [-0.3, -0.25) is 4.99 Å². The van der Waals surface area contributed by atoms with Crippen LogP contribution in [-0.2, 0) is 0 Å². The number of ether oxygens (including phenoxy) is 2. The second-order valence-electron chi connectivity index (χ2n) is 6.24. The van der Waals surface area contributed by atoms with E-state index in [2.05, 4.69) is 0 Å². The molecule has 5 heteroatoms. The van der Waals surface area contributed by atoms with Crippen molar-refractivity contribution in [3.63, 3.8) is 0 Å². The zero-order valence-corrected chi connectivity index (χ0v) is 14.4. The van der Waals surface area contributed by atoms with Gasteiger partial charge in [0.1, 0.15) is 0 Å². The van der Waals surface area contributed by atoms with Crippen LogP contribution in [0.25, 0.3) is 0 Å². The zero-order valence-electron chi connectivity index (χ0n) is 14.4. The molecule has 0 aliphatic carbocycles. The lowest BCUT2D eigenvalue weighted by Gasteiger charge is -2.30. The predicted molar refractivity (Wildman–Crippen MR) is 93.0 cm³/mol. The molecule has 5 nitrogen and oxygen atoms in total. The maximum Gasteiger partial charge on any atom is 0.161 e. The molecule has 1 N–H and O–H groups in total. The van der Waals surface area contributed by atoms with Gasteiger partial charge in [-0.25, -0.2) is 0 Å². The average molecular weight is 326 g/mol. The van der Waals surface area contributed by atoms with Gasteiger partial charge in [0.05, 0.1) is 25.5 Å². The van der Waals surface area contributed by atoms with Crippen LogP contribution in [0, 0.1) is 0 Å². The molecule has 0 radical (unpaired) electrons. The first-order valence-corrected chi connectivity index (χ1v) is 7.83. The van der Waals surface area contributed by atoms with Crippen molar-refractivity contribution < 1.29 is 14.7 Å². The van der Waals surface area contributed by atoms with Crippen molar-refractivity contribution in [3.8, 4) is 11.5 Å². The maximum absolute atomic E-state index is 10.7. The van der Waals surface area contributed by atoms with Crippen LogP contribution < -0.4 is 9.47 Å². The first-order chi connectivity index (χ1) is 11.5. The van der Waals surface area contributed by atoms with Crippen LogP contribution in [0.2, 0.25) is 0 Å². The maximum atomic E-state index is 10.7. The monoisotopic (exact) mass is 326 g/mol. The summed E-state index contributed by atoms with van der Waals surface area (Å²) < 4.78 is 10.6. The quantitative estimate of drug-likeness (QED) is 0.931. The van der Waals surface area contributed by atoms with E-state index in [1.165, 1.54) is 5.06 Å². The van der Waals surface area contributed by atoms with Gasteiger partial charge in [-0.2, -0.15) is 5.06 Å². The molecule has 1 aliphatic heterocycles. The van der Waals surface area contributed by atoms with Gasteiger partial charge in [0.2, 0.25) is 0 Å². The summed E-state index contributed by atoms with van der Waals surface area (Å²) >= 11 is 0. The molecule has 1 heterocycles. The van der Waals surface area contributed by atoms with Crippen LogP contribution in [-0.4, -0.2) is 35.7 Å². The molecule has 0 saturated carbocycles. The molecule has 3 rings (SSSR count). The minimum Gasteiger partial charge on any atom is -0.493 e. The molecule has 0 bridgehead atoms. The molecule has 24 heavy (non-hydrogen) atoms. The third kappa shape index (κ3) is 2.66.